The Hall–Kier alpha value is -1.24. The lowest BCUT2D eigenvalue weighted by Crippen LogP contribution is -2.38. The fraction of sp³-hybridized carbons (Fsp3) is 0.625. The topological polar surface area (TPSA) is 63.6 Å². The van der Waals surface area contributed by atoms with Gasteiger partial charge in [-0.3, -0.25) is 14.1 Å². The van der Waals surface area contributed by atoms with Crippen molar-refractivity contribution in [3.8, 4) is 0 Å². The predicted molar refractivity (Wildman–Crippen MR) is 88.2 cm³/mol. The second kappa shape index (κ2) is 5.44. The van der Waals surface area contributed by atoms with Gasteiger partial charge in [-0.25, -0.2) is 4.98 Å². The van der Waals surface area contributed by atoms with Crippen LogP contribution < -0.4 is 11.3 Å². The zero-order chi connectivity index (χ0) is 15.3. The highest BCUT2D eigenvalue weighted by Gasteiger charge is 2.38. The Labute approximate surface area is 133 Å². The molecule has 3 unspecified atom stereocenters. The van der Waals surface area contributed by atoms with Crippen LogP contribution in [0.1, 0.15) is 30.7 Å². The second-order valence-electron chi connectivity index (χ2n) is 6.79. The van der Waals surface area contributed by atoms with Gasteiger partial charge in [0.25, 0.3) is 5.56 Å². The summed E-state index contributed by atoms with van der Waals surface area (Å²) in [6.45, 7) is 4.86. The van der Waals surface area contributed by atoms with Crippen molar-refractivity contribution in [2.75, 3.05) is 13.1 Å². The third-order valence-corrected chi connectivity index (χ3v) is 6.19. The number of aromatic nitrogens is 2. The van der Waals surface area contributed by atoms with Crippen LogP contribution in [0.4, 0.5) is 0 Å². The van der Waals surface area contributed by atoms with Crippen molar-refractivity contribution in [1.29, 1.82) is 0 Å². The molecule has 4 rings (SSSR count). The van der Waals surface area contributed by atoms with Gasteiger partial charge in [0.2, 0.25) is 0 Å². The van der Waals surface area contributed by atoms with Gasteiger partial charge in [0.05, 0.1) is 5.69 Å². The molecule has 1 saturated heterocycles. The minimum Gasteiger partial charge on any atom is -0.327 e. The van der Waals surface area contributed by atoms with Crippen molar-refractivity contribution in [1.82, 2.24) is 14.3 Å². The first-order valence-corrected chi connectivity index (χ1v) is 8.94. The molecule has 2 aromatic rings. The molecular formula is C16H22N4OS. The molecule has 0 spiro atoms. The molecule has 3 heterocycles. The Bertz CT molecular complexity index is 752. The van der Waals surface area contributed by atoms with Gasteiger partial charge in [0.1, 0.15) is 0 Å². The van der Waals surface area contributed by atoms with Gasteiger partial charge in [0.15, 0.2) is 4.96 Å². The molecule has 3 atom stereocenters. The normalized spacial score (nSPS) is 29.1. The monoisotopic (exact) mass is 318 g/mol. The van der Waals surface area contributed by atoms with Crippen molar-refractivity contribution >= 4 is 16.3 Å². The van der Waals surface area contributed by atoms with E-state index < -0.39 is 0 Å². The van der Waals surface area contributed by atoms with Gasteiger partial charge in [-0.05, 0) is 31.6 Å². The van der Waals surface area contributed by atoms with E-state index in [0.29, 0.717) is 12.0 Å². The summed E-state index contributed by atoms with van der Waals surface area (Å²) in [4.78, 5) is 20.1. The average Bonchev–Trinajstić information content (AvgIpc) is 3.04. The Morgan fingerprint density at radius 1 is 1.41 bits per heavy atom. The molecule has 0 radical (unpaired) electrons. The van der Waals surface area contributed by atoms with Crippen molar-refractivity contribution in [2.24, 2.45) is 17.6 Å². The molecule has 1 aliphatic carbocycles. The molecule has 118 valence electrons. The number of nitrogens with two attached hydrogens (primary N) is 1. The van der Waals surface area contributed by atoms with E-state index in [4.69, 9.17) is 5.73 Å². The number of aryl methyl sites for hydroxylation is 1. The van der Waals surface area contributed by atoms with Gasteiger partial charge < -0.3 is 5.73 Å². The number of likely N-dealkylation sites (tertiary alicyclic amines) is 1. The maximum atomic E-state index is 12.2. The summed E-state index contributed by atoms with van der Waals surface area (Å²) in [6, 6.07) is 2.04. The first-order valence-electron chi connectivity index (χ1n) is 8.06. The second-order valence-corrected chi connectivity index (χ2v) is 7.63. The van der Waals surface area contributed by atoms with Crippen LogP contribution in [0.2, 0.25) is 0 Å². The van der Waals surface area contributed by atoms with Crippen LogP contribution in [0.5, 0.6) is 0 Å². The van der Waals surface area contributed by atoms with Gasteiger partial charge in [-0.1, -0.05) is 6.42 Å². The number of thiazole rings is 1. The zero-order valence-electron chi connectivity index (χ0n) is 12.9. The third kappa shape index (κ3) is 2.39. The largest absolute Gasteiger partial charge is 0.327 e. The molecule has 2 fully saturated rings. The first kappa shape index (κ1) is 14.4. The van der Waals surface area contributed by atoms with E-state index in [9.17, 15) is 4.79 Å². The van der Waals surface area contributed by atoms with E-state index in [1.54, 1.807) is 10.5 Å². The number of nitrogens with zero attached hydrogens (tertiary/aromatic N) is 3. The predicted octanol–water partition coefficient (Wildman–Crippen LogP) is 1.62. The maximum absolute atomic E-state index is 12.2. The first-order chi connectivity index (χ1) is 10.6. The average molecular weight is 318 g/mol. The van der Waals surface area contributed by atoms with Crippen molar-refractivity contribution in [2.45, 2.75) is 38.8 Å². The number of rotatable bonds is 2. The van der Waals surface area contributed by atoms with Crippen molar-refractivity contribution in [3.63, 3.8) is 0 Å². The van der Waals surface area contributed by atoms with E-state index in [2.05, 4.69) is 9.88 Å². The molecule has 5 nitrogen and oxygen atoms in total. The lowest BCUT2D eigenvalue weighted by atomic mass is 9.78. The van der Waals surface area contributed by atoms with E-state index in [1.165, 1.54) is 24.2 Å². The van der Waals surface area contributed by atoms with Gasteiger partial charge >= 0.3 is 0 Å². The summed E-state index contributed by atoms with van der Waals surface area (Å²) in [5, 5.41) is 1.98. The van der Waals surface area contributed by atoms with E-state index in [-0.39, 0.29) is 5.56 Å². The molecule has 2 aliphatic rings. The SMILES string of the molecule is Cc1csc2nc(CN3CC4CCCC(N)C4C3)cc(=O)n12. The third-order valence-electron chi connectivity index (χ3n) is 5.24. The standard InChI is InChI=1S/C16H22N4OS/c1-10-9-22-16-18-12(5-15(21)20(10)16)7-19-6-11-3-2-4-14(17)13(11)8-19/h5,9,11,13-14H,2-4,6-8,17H2,1H3. The minimum absolute atomic E-state index is 0.0343. The van der Waals surface area contributed by atoms with E-state index in [1.807, 2.05) is 12.3 Å². The zero-order valence-corrected chi connectivity index (χ0v) is 13.7. The molecule has 2 aromatic heterocycles. The highest BCUT2D eigenvalue weighted by Crippen LogP contribution is 2.35. The summed E-state index contributed by atoms with van der Waals surface area (Å²) < 4.78 is 1.69. The van der Waals surface area contributed by atoms with E-state index >= 15 is 0 Å². The summed E-state index contributed by atoms with van der Waals surface area (Å²) in [5.74, 6) is 1.36. The minimum atomic E-state index is 0.0343. The number of fused-ring (bicyclic) bond motifs is 2. The molecule has 6 heteroatoms. The molecular weight excluding hydrogens is 296 g/mol. The highest BCUT2D eigenvalue weighted by atomic mass is 32.1. The molecule has 2 N–H and O–H groups in total. The van der Waals surface area contributed by atoms with Gasteiger partial charge in [0, 0.05) is 42.8 Å². The van der Waals surface area contributed by atoms with Crippen LogP contribution in [0.15, 0.2) is 16.2 Å². The summed E-state index contributed by atoms with van der Waals surface area (Å²) >= 11 is 1.53. The fourth-order valence-corrected chi connectivity index (χ4v) is 5.04. The van der Waals surface area contributed by atoms with Crippen molar-refractivity contribution in [3.05, 3.63) is 33.2 Å². The fourth-order valence-electron chi connectivity index (χ4n) is 4.15. The van der Waals surface area contributed by atoms with Crippen LogP contribution in [-0.4, -0.2) is 33.4 Å². The Balaban J connectivity index is 1.56. The Morgan fingerprint density at radius 2 is 2.27 bits per heavy atom. The molecule has 1 aliphatic heterocycles. The van der Waals surface area contributed by atoms with E-state index in [0.717, 1.165) is 48.3 Å². The van der Waals surface area contributed by atoms with Crippen molar-refractivity contribution < 1.29 is 0 Å². The molecule has 0 bridgehead atoms. The Morgan fingerprint density at radius 3 is 3.09 bits per heavy atom. The highest BCUT2D eigenvalue weighted by molar-refractivity contribution is 7.15. The molecule has 0 aromatic carbocycles. The lowest BCUT2D eigenvalue weighted by Gasteiger charge is -2.29. The number of hydrogen-bond donors (Lipinski definition) is 1. The molecule has 22 heavy (non-hydrogen) atoms. The maximum Gasteiger partial charge on any atom is 0.259 e. The van der Waals surface area contributed by atoms with Crippen LogP contribution in [0, 0.1) is 18.8 Å². The summed E-state index contributed by atoms with van der Waals surface area (Å²) in [5.41, 5.74) is 8.17. The number of hydrogen-bond acceptors (Lipinski definition) is 5. The van der Waals surface area contributed by atoms with Crippen LogP contribution >= 0.6 is 11.3 Å². The quantitative estimate of drug-likeness (QED) is 0.914. The molecule has 0 amide bonds. The lowest BCUT2D eigenvalue weighted by molar-refractivity contribution is 0.259. The van der Waals surface area contributed by atoms with Gasteiger partial charge in [-0.2, -0.15) is 0 Å². The smallest absolute Gasteiger partial charge is 0.259 e. The Kier molecular flexibility index (Phi) is 3.55. The molecule has 1 saturated carbocycles. The van der Waals surface area contributed by atoms with Gasteiger partial charge in [-0.15, -0.1) is 11.3 Å². The van der Waals surface area contributed by atoms with Crippen LogP contribution in [-0.2, 0) is 6.54 Å². The van der Waals surface area contributed by atoms with Crippen LogP contribution in [0.25, 0.3) is 4.96 Å². The van der Waals surface area contributed by atoms with Crippen LogP contribution in [0.3, 0.4) is 0 Å². The summed E-state index contributed by atoms with van der Waals surface area (Å²) in [7, 11) is 0. The summed E-state index contributed by atoms with van der Waals surface area (Å²) in [6.07, 6.45) is 3.72.